The van der Waals surface area contributed by atoms with Crippen LogP contribution in [0.4, 0.5) is 0 Å². The largest absolute Gasteiger partial charge is 0.378 e. The summed E-state index contributed by atoms with van der Waals surface area (Å²) in [6.07, 6.45) is 6.00. The van der Waals surface area contributed by atoms with Gasteiger partial charge in [-0.1, -0.05) is 43.5 Å². The van der Waals surface area contributed by atoms with Gasteiger partial charge in [0.15, 0.2) is 0 Å². The summed E-state index contributed by atoms with van der Waals surface area (Å²) in [6.45, 7) is 6.11. The van der Waals surface area contributed by atoms with Crippen molar-refractivity contribution in [1.29, 1.82) is 0 Å². The number of hydrogen-bond acceptors (Lipinski definition) is 7. The highest BCUT2D eigenvalue weighted by Gasteiger charge is 2.31. The number of rotatable bonds is 8. The van der Waals surface area contributed by atoms with Crippen molar-refractivity contribution in [3.63, 3.8) is 0 Å². The highest BCUT2D eigenvalue weighted by molar-refractivity contribution is 7.13. The molecule has 3 amide bonds. The lowest BCUT2D eigenvalue weighted by atomic mass is 9.84. The molecule has 0 unspecified atom stereocenters. The molecule has 4 heterocycles. The van der Waals surface area contributed by atoms with Crippen LogP contribution >= 0.6 is 11.3 Å². The fourth-order valence-corrected chi connectivity index (χ4v) is 7.41. The minimum atomic E-state index is -0.0782. The van der Waals surface area contributed by atoms with Crippen LogP contribution in [0.25, 0.3) is 21.5 Å². The molecule has 3 aromatic rings. The predicted molar refractivity (Wildman–Crippen MR) is 168 cm³/mol. The molecule has 1 aliphatic carbocycles. The van der Waals surface area contributed by atoms with E-state index in [0.717, 1.165) is 39.9 Å². The second-order valence-electron chi connectivity index (χ2n) is 12.0. The van der Waals surface area contributed by atoms with E-state index in [1.807, 2.05) is 41.8 Å². The van der Waals surface area contributed by atoms with Gasteiger partial charge in [0.05, 0.1) is 48.0 Å². The average Bonchev–Trinajstić information content (AvgIpc) is 3.58. The van der Waals surface area contributed by atoms with Crippen molar-refractivity contribution in [2.45, 2.75) is 51.6 Å². The summed E-state index contributed by atoms with van der Waals surface area (Å²) in [4.78, 5) is 51.9. The van der Waals surface area contributed by atoms with E-state index in [-0.39, 0.29) is 36.9 Å². The molecular formula is C33H41N5O4S. The molecule has 6 rings (SSSR count). The van der Waals surface area contributed by atoms with Crippen LogP contribution in [-0.4, -0.2) is 95.9 Å². The van der Waals surface area contributed by atoms with Gasteiger partial charge in [0.1, 0.15) is 0 Å². The van der Waals surface area contributed by atoms with Gasteiger partial charge in [-0.05, 0) is 43.2 Å². The summed E-state index contributed by atoms with van der Waals surface area (Å²) in [6, 6.07) is 12.0. The van der Waals surface area contributed by atoms with Crippen LogP contribution in [0.5, 0.6) is 0 Å². The van der Waals surface area contributed by atoms with Crippen molar-refractivity contribution >= 4 is 40.0 Å². The van der Waals surface area contributed by atoms with Gasteiger partial charge < -0.3 is 19.9 Å². The van der Waals surface area contributed by atoms with E-state index >= 15 is 0 Å². The van der Waals surface area contributed by atoms with E-state index in [1.165, 1.54) is 19.3 Å². The summed E-state index contributed by atoms with van der Waals surface area (Å²) in [5.41, 5.74) is 3.07. The Morgan fingerprint density at radius 3 is 2.58 bits per heavy atom. The second-order valence-corrected chi connectivity index (χ2v) is 12.9. The smallest absolute Gasteiger partial charge is 0.252 e. The Balaban J connectivity index is 1.27. The molecular weight excluding hydrogens is 562 g/mol. The fraction of sp³-hybridized carbons (Fsp3) is 0.515. The minimum Gasteiger partial charge on any atom is -0.378 e. The zero-order valence-electron chi connectivity index (χ0n) is 24.9. The fourth-order valence-electron chi connectivity index (χ4n) is 6.67. The van der Waals surface area contributed by atoms with Crippen LogP contribution in [0.3, 0.4) is 0 Å². The van der Waals surface area contributed by atoms with E-state index in [2.05, 4.69) is 17.1 Å². The highest BCUT2D eigenvalue weighted by atomic mass is 32.1. The third-order valence-electron chi connectivity index (χ3n) is 9.16. The lowest BCUT2D eigenvalue weighted by molar-refractivity contribution is -0.145. The Bertz CT molecular complexity index is 1450. The van der Waals surface area contributed by atoms with Gasteiger partial charge in [-0.3, -0.25) is 19.3 Å². The highest BCUT2D eigenvalue weighted by Crippen LogP contribution is 2.34. The number of carbonyl (C=O) groups is 3. The molecule has 1 atom stereocenters. The molecule has 10 heteroatoms. The molecule has 0 spiro atoms. The molecule has 1 N–H and O–H groups in total. The molecule has 3 aliphatic rings. The molecule has 0 bridgehead atoms. The van der Waals surface area contributed by atoms with Crippen LogP contribution in [0.1, 0.15) is 54.9 Å². The number of fused-ring (bicyclic) bond motifs is 1. The Morgan fingerprint density at radius 2 is 1.84 bits per heavy atom. The number of aromatic nitrogens is 1. The van der Waals surface area contributed by atoms with Crippen molar-refractivity contribution < 1.29 is 19.1 Å². The lowest BCUT2D eigenvalue weighted by Crippen LogP contribution is -2.54. The second kappa shape index (κ2) is 13.5. The number of para-hydroxylation sites is 1. The van der Waals surface area contributed by atoms with E-state index < -0.39 is 0 Å². The number of piperazine rings is 1. The molecule has 43 heavy (non-hydrogen) atoms. The Hall–Kier alpha value is -3.34. The third kappa shape index (κ3) is 6.76. The van der Waals surface area contributed by atoms with Gasteiger partial charge in [0.25, 0.3) is 5.91 Å². The summed E-state index contributed by atoms with van der Waals surface area (Å²) in [7, 11) is 0. The average molecular weight is 604 g/mol. The van der Waals surface area contributed by atoms with Crippen LogP contribution < -0.4 is 5.32 Å². The molecule has 1 aromatic carbocycles. The van der Waals surface area contributed by atoms with E-state index in [1.54, 1.807) is 21.1 Å². The first-order valence-corrected chi connectivity index (χ1v) is 16.5. The topological polar surface area (TPSA) is 95.1 Å². The monoisotopic (exact) mass is 603 g/mol. The van der Waals surface area contributed by atoms with Crippen LogP contribution in [-0.2, 0) is 20.9 Å². The maximum absolute atomic E-state index is 14.2. The van der Waals surface area contributed by atoms with Crippen molar-refractivity contribution in [2.24, 2.45) is 5.92 Å². The van der Waals surface area contributed by atoms with Gasteiger partial charge in [0, 0.05) is 49.7 Å². The SMILES string of the molecule is C[C@H](NC(=O)c1c(CN2CCN(CC(=O)N3CCOCC3)C(=O)C2)c(-c2cccs2)nc2ccccc12)C1CCCCC1. The number of nitrogens with one attached hydrogen (secondary N) is 1. The molecule has 2 aliphatic heterocycles. The van der Waals surface area contributed by atoms with Crippen molar-refractivity contribution in [3.8, 4) is 10.6 Å². The maximum atomic E-state index is 14.2. The molecule has 3 fully saturated rings. The van der Waals surface area contributed by atoms with Crippen molar-refractivity contribution in [2.75, 3.05) is 52.5 Å². The van der Waals surface area contributed by atoms with Gasteiger partial charge in [0.2, 0.25) is 11.8 Å². The quantitative estimate of drug-likeness (QED) is 0.416. The molecule has 0 radical (unpaired) electrons. The van der Waals surface area contributed by atoms with E-state index in [4.69, 9.17) is 9.72 Å². The first-order valence-electron chi connectivity index (χ1n) is 15.6. The van der Waals surface area contributed by atoms with Gasteiger partial charge in [-0.2, -0.15) is 0 Å². The molecule has 2 saturated heterocycles. The van der Waals surface area contributed by atoms with Crippen LogP contribution in [0.15, 0.2) is 41.8 Å². The Labute approximate surface area is 257 Å². The number of thiophene rings is 1. The summed E-state index contributed by atoms with van der Waals surface area (Å²) < 4.78 is 5.36. The molecule has 228 valence electrons. The van der Waals surface area contributed by atoms with Gasteiger partial charge >= 0.3 is 0 Å². The summed E-state index contributed by atoms with van der Waals surface area (Å²) in [5, 5.41) is 6.22. The number of pyridine rings is 1. The Morgan fingerprint density at radius 1 is 1.05 bits per heavy atom. The maximum Gasteiger partial charge on any atom is 0.252 e. The molecule has 1 saturated carbocycles. The first-order chi connectivity index (χ1) is 21.0. The number of carbonyl (C=O) groups excluding carboxylic acids is 3. The van der Waals surface area contributed by atoms with Crippen LogP contribution in [0.2, 0.25) is 0 Å². The number of hydrogen-bond donors (Lipinski definition) is 1. The van der Waals surface area contributed by atoms with E-state index in [0.29, 0.717) is 57.4 Å². The van der Waals surface area contributed by atoms with Gasteiger partial charge in [-0.15, -0.1) is 11.3 Å². The number of morpholine rings is 1. The lowest BCUT2D eigenvalue weighted by Gasteiger charge is -2.36. The van der Waals surface area contributed by atoms with Crippen molar-refractivity contribution in [1.82, 2.24) is 25.0 Å². The zero-order chi connectivity index (χ0) is 29.8. The van der Waals surface area contributed by atoms with E-state index in [9.17, 15) is 14.4 Å². The number of ether oxygens (including phenoxy) is 1. The molecule has 2 aromatic heterocycles. The molecule has 9 nitrogen and oxygen atoms in total. The number of amides is 3. The predicted octanol–water partition coefficient (Wildman–Crippen LogP) is 4.16. The third-order valence-corrected chi connectivity index (χ3v) is 10.0. The van der Waals surface area contributed by atoms with Crippen LogP contribution in [0, 0.1) is 5.92 Å². The van der Waals surface area contributed by atoms with Crippen molar-refractivity contribution in [3.05, 3.63) is 52.9 Å². The zero-order valence-corrected chi connectivity index (χ0v) is 25.7. The summed E-state index contributed by atoms with van der Waals surface area (Å²) >= 11 is 1.60. The summed E-state index contributed by atoms with van der Waals surface area (Å²) in [5.74, 6) is 0.300. The number of nitrogens with zero attached hydrogens (tertiary/aromatic N) is 4. The minimum absolute atomic E-state index is 0.0325. The number of benzene rings is 1. The normalized spacial score (nSPS) is 19.5. The standard InChI is InChI=1S/C33H41N5O4S/c1-23(24-8-3-2-4-9-24)34-33(41)31-25-10-5-6-11-27(25)35-32(28-12-7-19-43-28)26(31)20-36-13-14-38(29(39)21-36)22-30(40)37-15-17-42-18-16-37/h5-7,10-12,19,23-24H,2-4,8-9,13-18,20-22H2,1H3,(H,34,41)/t23-/m0/s1. The van der Waals surface area contributed by atoms with Gasteiger partial charge in [-0.25, -0.2) is 4.98 Å². The Kier molecular flexibility index (Phi) is 9.35. The first kappa shape index (κ1) is 29.7.